The molecule has 1 aliphatic heterocycles. The van der Waals surface area contributed by atoms with E-state index in [1.165, 1.54) is 23.1 Å². The van der Waals surface area contributed by atoms with Gasteiger partial charge in [0, 0.05) is 19.5 Å². The summed E-state index contributed by atoms with van der Waals surface area (Å²) in [6.45, 7) is -0.311. The van der Waals surface area contributed by atoms with Crippen molar-refractivity contribution in [3.63, 3.8) is 0 Å². The van der Waals surface area contributed by atoms with Crippen molar-refractivity contribution in [1.82, 2.24) is 4.90 Å². The van der Waals surface area contributed by atoms with Crippen LogP contribution in [0.2, 0.25) is 0 Å². The Labute approximate surface area is 157 Å². The minimum Gasteiger partial charge on any atom is -0.454 e. The number of esters is 1. The first-order valence-electron chi connectivity index (χ1n) is 8.88. The first kappa shape index (κ1) is 20.4. The Kier molecular flexibility index (Phi) is 7.74. The average Bonchev–Trinajstić information content (AvgIpc) is 2.86. The van der Waals surface area contributed by atoms with E-state index in [-0.39, 0.29) is 31.1 Å². The first-order valence-corrected chi connectivity index (χ1v) is 8.88. The normalized spacial score (nSPS) is 14.2. The maximum absolute atomic E-state index is 14.0. The van der Waals surface area contributed by atoms with Crippen LogP contribution in [0.15, 0.2) is 24.3 Å². The molecule has 0 atom stereocenters. The Balaban J connectivity index is 1.94. The lowest BCUT2D eigenvalue weighted by Gasteiger charge is -2.23. The molecule has 0 saturated carbocycles. The molecule has 0 unspecified atom stereocenters. The standard InChI is InChI=1S/C19H22FN3O4/c20-15-7-3-4-8-16(15)23(12-6-10-21)18(25)14-27-19(26)13-22-11-5-1-2-9-17(22)24/h3-4,7-8H,1-2,5-6,9,11-14H2. The van der Waals surface area contributed by atoms with Crippen LogP contribution >= 0.6 is 0 Å². The molecule has 1 aromatic rings. The van der Waals surface area contributed by atoms with Gasteiger partial charge in [-0.15, -0.1) is 0 Å². The molecule has 2 rings (SSSR count). The van der Waals surface area contributed by atoms with E-state index in [4.69, 9.17) is 10.00 Å². The number of hydrogen-bond donors (Lipinski definition) is 0. The lowest BCUT2D eigenvalue weighted by Crippen LogP contribution is -2.39. The highest BCUT2D eigenvalue weighted by molar-refractivity contribution is 5.95. The number of hydrogen-bond acceptors (Lipinski definition) is 5. The number of halogens is 1. The highest BCUT2D eigenvalue weighted by atomic mass is 19.1. The predicted octanol–water partition coefficient (Wildman–Crippen LogP) is 2.02. The fourth-order valence-corrected chi connectivity index (χ4v) is 2.84. The SMILES string of the molecule is N#CCCN(C(=O)COC(=O)CN1CCCCCC1=O)c1ccccc1F. The molecule has 1 aliphatic rings. The number of nitriles is 1. The van der Waals surface area contributed by atoms with Crippen LogP contribution in [0.3, 0.4) is 0 Å². The number of rotatable bonds is 7. The van der Waals surface area contributed by atoms with E-state index in [2.05, 4.69) is 0 Å². The van der Waals surface area contributed by atoms with E-state index in [9.17, 15) is 18.8 Å². The molecular formula is C19H22FN3O4. The third-order valence-corrected chi connectivity index (χ3v) is 4.24. The van der Waals surface area contributed by atoms with E-state index in [1.807, 2.05) is 6.07 Å². The summed E-state index contributed by atoms with van der Waals surface area (Å²) in [6, 6.07) is 7.59. The molecular weight excluding hydrogens is 353 g/mol. The van der Waals surface area contributed by atoms with Gasteiger partial charge in [-0.25, -0.2) is 4.39 Å². The number of nitrogens with zero attached hydrogens (tertiary/aromatic N) is 3. The molecule has 0 spiro atoms. The van der Waals surface area contributed by atoms with Crippen LogP contribution in [0.25, 0.3) is 0 Å². The number of likely N-dealkylation sites (tertiary alicyclic amines) is 1. The number of ether oxygens (including phenoxy) is 1. The summed E-state index contributed by atoms with van der Waals surface area (Å²) in [5, 5.41) is 8.76. The summed E-state index contributed by atoms with van der Waals surface area (Å²) in [6.07, 6.45) is 2.98. The fraction of sp³-hybridized carbons (Fsp3) is 0.474. The molecule has 1 aromatic carbocycles. The topological polar surface area (TPSA) is 90.7 Å². The summed E-state index contributed by atoms with van der Waals surface area (Å²) >= 11 is 0. The summed E-state index contributed by atoms with van der Waals surface area (Å²) in [5.74, 6) is -2.03. The van der Waals surface area contributed by atoms with Gasteiger partial charge in [0.2, 0.25) is 5.91 Å². The van der Waals surface area contributed by atoms with Gasteiger partial charge in [-0.2, -0.15) is 5.26 Å². The molecule has 0 N–H and O–H groups in total. The maximum Gasteiger partial charge on any atom is 0.326 e. The van der Waals surface area contributed by atoms with Crippen molar-refractivity contribution in [1.29, 1.82) is 5.26 Å². The molecule has 7 nitrogen and oxygen atoms in total. The van der Waals surface area contributed by atoms with E-state index < -0.39 is 24.3 Å². The van der Waals surface area contributed by atoms with Crippen LogP contribution in [0.4, 0.5) is 10.1 Å². The van der Waals surface area contributed by atoms with Crippen molar-refractivity contribution in [2.75, 3.05) is 31.1 Å². The minimum atomic E-state index is -0.688. The van der Waals surface area contributed by atoms with Gasteiger partial charge in [0.05, 0.1) is 18.2 Å². The lowest BCUT2D eigenvalue weighted by molar-refractivity contribution is -0.151. The van der Waals surface area contributed by atoms with Crippen molar-refractivity contribution in [2.24, 2.45) is 0 Å². The quantitative estimate of drug-likeness (QED) is 0.680. The number of carbonyl (C=O) groups excluding carboxylic acids is 3. The van der Waals surface area contributed by atoms with Crippen LogP contribution in [0.1, 0.15) is 32.1 Å². The molecule has 0 aliphatic carbocycles. The number of para-hydroxylation sites is 1. The van der Waals surface area contributed by atoms with E-state index in [0.717, 1.165) is 24.2 Å². The molecule has 0 bridgehead atoms. The van der Waals surface area contributed by atoms with Crippen LogP contribution < -0.4 is 4.90 Å². The van der Waals surface area contributed by atoms with Crippen molar-refractivity contribution < 1.29 is 23.5 Å². The number of anilines is 1. The molecule has 1 fully saturated rings. The second-order valence-electron chi connectivity index (χ2n) is 6.19. The molecule has 27 heavy (non-hydrogen) atoms. The van der Waals surface area contributed by atoms with Gasteiger partial charge in [-0.05, 0) is 25.0 Å². The summed E-state index contributed by atoms with van der Waals surface area (Å²) in [7, 11) is 0. The summed E-state index contributed by atoms with van der Waals surface area (Å²) in [4.78, 5) is 38.8. The Hall–Kier alpha value is -2.95. The van der Waals surface area contributed by atoms with Gasteiger partial charge in [0.25, 0.3) is 5.91 Å². The first-order chi connectivity index (χ1) is 13.0. The van der Waals surface area contributed by atoms with E-state index in [1.54, 1.807) is 6.07 Å². The van der Waals surface area contributed by atoms with Crippen molar-refractivity contribution in [2.45, 2.75) is 32.1 Å². The Morgan fingerprint density at radius 2 is 2.04 bits per heavy atom. The van der Waals surface area contributed by atoms with Crippen molar-refractivity contribution >= 4 is 23.5 Å². The highest BCUT2D eigenvalue weighted by Crippen LogP contribution is 2.19. The molecule has 0 radical (unpaired) electrons. The fourth-order valence-electron chi connectivity index (χ4n) is 2.84. The Bertz CT molecular complexity index is 732. The van der Waals surface area contributed by atoms with Crippen LogP contribution in [-0.4, -0.2) is 48.9 Å². The molecule has 2 amide bonds. The smallest absolute Gasteiger partial charge is 0.326 e. The zero-order valence-electron chi connectivity index (χ0n) is 15.0. The molecule has 8 heteroatoms. The molecule has 0 aromatic heterocycles. The van der Waals surface area contributed by atoms with Gasteiger partial charge < -0.3 is 14.5 Å². The van der Waals surface area contributed by atoms with E-state index in [0.29, 0.717) is 13.0 Å². The van der Waals surface area contributed by atoms with Crippen LogP contribution in [-0.2, 0) is 19.1 Å². The number of amides is 2. The van der Waals surface area contributed by atoms with Crippen molar-refractivity contribution in [3.8, 4) is 6.07 Å². The summed E-state index contributed by atoms with van der Waals surface area (Å²) < 4.78 is 19.0. The maximum atomic E-state index is 14.0. The molecule has 1 saturated heterocycles. The second-order valence-corrected chi connectivity index (χ2v) is 6.19. The van der Waals surface area contributed by atoms with Crippen LogP contribution in [0, 0.1) is 17.1 Å². The third-order valence-electron chi connectivity index (χ3n) is 4.24. The lowest BCUT2D eigenvalue weighted by atomic mass is 10.2. The third kappa shape index (κ3) is 6.06. The van der Waals surface area contributed by atoms with Crippen LogP contribution in [0.5, 0.6) is 0 Å². The predicted molar refractivity (Wildman–Crippen MR) is 95.0 cm³/mol. The average molecular weight is 375 g/mol. The monoisotopic (exact) mass is 375 g/mol. The van der Waals surface area contributed by atoms with Crippen molar-refractivity contribution in [3.05, 3.63) is 30.1 Å². The molecule has 144 valence electrons. The zero-order valence-corrected chi connectivity index (χ0v) is 15.0. The molecule has 1 heterocycles. The van der Waals surface area contributed by atoms with E-state index >= 15 is 0 Å². The largest absolute Gasteiger partial charge is 0.454 e. The zero-order chi connectivity index (χ0) is 19.6. The van der Waals surface area contributed by atoms with Gasteiger partial charge in [-0.1, -0.05) is 18.6 Å². The number of benzene rings is 1. The Morgan fingerprint density at radius 3 is 2.78 bits per heavy atom. The van der Waals surface area contributed by atoms with Gasteiger partial charge in [-0.3, -0.25) is 14.4 Å². The number of carbonyl (C=O) groups is 3. The second kappa shape index (κ2) is 10.3. The summed E-state index contributed by atoms with van der Waals surface area (Å²) in [5.41, 5.74) is 0.0245. The minimum absolute atomic E-state index is 0.0102. The van der Waals surface area contributed by atoms with Gasteiger partial charge in [0.15, 0.2) is 6.61 Å². The van der Waals surface area contributed by atoms with Gasteiger partial charge >= 0.3 is 5.97 Å². The van der Waals surface area contributed by atoms with Gasteiger partial charge in [0.1, 0.15) is 12.4 Å². The highest BCUT2D eigenvalue weighted by Gasteiger charge is 2.23. The Morgan fingerprint density at radius 1 is 1.26 bits per heavy atom.